The van der Waals surface area contributed by atoms with Gasteiger partial charge in [0.1, 0.15) is 5.76 Å². The van der Waals surface area contributed by atoms with Gasteiger partial charge in [-0.1, -0.05) is 0 Å². The van der Waals surface area contributed by atoms with Gasteiger partial charge in [0.2, 0.25) is 17.7 Å². The molecular formula is C15H24IN5O3. The predicted molar refractivity (Wildman–Crippen MR) is 100 cm³/mol. The van der Waals surface area contributed by atoms with Crippen LogP contribution in [0.25, 0.3) is 0 Å². The topological polar surface area (TPSA) is 99.8 Å². The zero-order valence-corrected chi connectivity index (χ0v) is 16.5. The number of oxazole rings is 1. The molecule has 9 heteroatoms. The Morgan fingerprint density at radius 2 is 1.92 bits per heavy atom. The highest BCUT2D eigenvalue weighted by Crippen LogP contribution is 2.11. The fourth-order valence-electron chi connectivity index (χ4n) is 2.33. The molecule has 0 bridgehead atoms. The molecule has 2 amide bonds. The van der Waals surface area contributed by atoms with Crippen LogP contribution in [0, 0.1) is 13.8 Å². The Kier molecular flexibility index (Phi) is 8.16. The summed E-state index contributed by atoms with van der Waals surface area (Å²) in [6.45, 7) is 4.96. The highest BCUT2D eigenvalue weighted by atomic mass is 127. The van der Waals surface area contributed by atoms with Crippen LogP contribution in [-0.4, -0.2) is 47.8 Å². The predicted octanol–water partition coefficient (Wildman–Crippen LogP) is 1.11. The highest BCUT2D eigenvalue weighted by Gasteiger charge is 2.25. The van der Waals surface area contributed by atoms with E-state index in [9.17, 15) is 9.59 Å². The fourth-order valence-corrected chi connectivity index (χ4v) is 2.33. The lowest BCUT2D eigenvalue weighted by Gasteiger charge is -2.25. The van der Waals surface area contributed by atoms with Crippen molar-refractivity contribution in [3.8, 4) is 0 Å². The zero-order chi connectivity index (χ0) is 16.8. The van der Waals surface area contributed by atoms with Gasteiger partial charge in [-0.15, -0.1) is 24.0 Å². The van der Waals surface area contributed by atoms with Crippen LogP contribution < -0.4 is 10.6 Å². The second kappa shape index (κ2) is 9.60. The number of aromatic nitrogens is 1. The first kappa shape index (κ1) is 20.4. The maximum Gasteiger partial charge on any atom is 0.229 e. The number of piperidine rings is 1. The van der Waals surface area contributed by atoms with Crippen LogP contribution in [0.3, 0.4) is 0 Å². The van der Waals surface area contributed by atoms with E-state index in [1.807, 2.05) is 13.8 Å². The monoisotopic (exact) mass is 449 g/mol. The molecule has 1 aliphatic heterocycles. The molecule has 1 saturated heterocycles. The van der Waals surface area contributed by atoms with Gasteiger partial charge < -0.3 is 15.1 Å². The Balaban J connectivity index is 0.00000288. The van der Waals surface area contributed by atoms with E-state index < -0.39 is 0 Å². The molecule has 0 radical (unpaired) electrons. The van der Waals surface area contributed by atoms with E-state index in [4.69, 9.17) is 4.42 Å². The van der Waals surface area contributed by atoms with Crippen molar-refractivity contribution in [2.24, 2.45) is 4.99 Å². The maximum atomic E-state index is 11.7. The molecular weight excluding hydrogens is 425 g/mol. The summed E-state index contributed by atoms with van der Waals surface area (Å²) in [5.41, 5.74) is 0.867. The quantitative estimate of drug-likeness (QED) is 0.303. The number of guanidine groups is 1. The van der Waals surface area contributed by atoms with Gasteiger partial charge in [-0.25, -0.2) is 4.98 Å². The first-order valence-electron chi connectivity index (χ1n) is 7.72. The molecule has 2 heterocycles. The van der Waals surface area contributed by atoms with E-state index in [0.29, 0.717) is 50.7 Å². The van der Waals surface area contributed by atoms with Crippen molar-refractivity contribution in [1.82, 2.24) is 20.5 Å². The average molecular weight is 449 g/mol. The number of carbonyl (C=O) groups excluding carboxylic acids is 2. The number of halogens is 1. The molecule has 8 nitrogen and oxygen atoms in total. The number of imide groups is 1. The van der Waals surface area contributed by atoms with Crippen LogP contribution in [0.2, 0.25) is 0 Å². The minimum atomic E-state index is -0.100. The second-order valence-corrected chi connectivity index (χ2v) is 5.39. The Morgan fingerprint density at radius 1 is 1.25 bits per heavy atom. The lowest BCUT2D eigenvalue weighted by molar-refractivity contribution is -0.147. The van der Waals surface area contributed by atoms with Crippen molar-refractivity contribution < 1.29 is 14.0 Å². The first-order chi connectivity index (χ1) is 11.0. The normalized spacial score (nSPS) is 15.3. The number of carbonyl (C=O) groups is 2. The van der Waals surface area contributed by atoms with Gasteiger partial charge >= 0.3 is 0 Å². The number of hydrogen-bond donors (Lipinski definition) is 2. The van der Waals surface area contributed by atoms with E-state index in [1.165, 1.54) is 4.90 Å². The van der Waals surface area contributed by atoms with E-state index in [2.05, 4.69) is 20.6 Å². The molecule has 0 spiro atoms. The molecule has 0 aliphatic carbocycles. The van der Waals surface area contributed by atoms with Gasteiger partial charge in [-0.2, -0.15) is 0 Å². The van der Waals surface area contributed by atoms with Crippen LogP contribution in [0.4, 0.5) is 0 Å². The Hall–Kier alpha value is -1.65. The molecule has 134 valence electrons. The largest absolute Gasteiger partial charge is 0.444 e. The van der Waals surface area contributed by atoms with Crippen LogP contribution >= 0.6 is 24.0 Å². The molecule has 1 aliphatic rings. The minimum absolute atomic E-state index is 0. The maximum absolute atomic E-state index is 11.7. The number of rotatable bonds is 5. The number of nitrogens with zero attached hydrogens (tertiary/aromatic N) is 3. The van der Waals surface area contributed by atoms with E-state index in [1.54, 1.807) is 7.05 Å². The molecule has 2 rings (SSSR count). The molecule has 0 aromatic carbocycles. The first-order valence-corrected chi connectivity index (χ1v) is 7.72. The van der Waals surface area contributed by atoms with Crippen molar-refractivity contribution >= 4 is 41.8 Å². The van der Waals surface area contributed by atoms with Crippen LogP contribution in [0.15, 0.2) is 9.41 Å². The second-order valence-electron chi connectivity index (χ2n) is 5.39. The van der Waals surface area contributed by atoms with Gasteiger partial charge in [0.25, 0.3) is 0 Å². The van der Waals surface area contributed by atoms with Crippen molar-refractivity contribution in [2.75, 3.05) is 20.1 Å². The number of aryl methyl sites for hydroxylation is 2. The van der Waals surface area contributed by atoms with Gasteiger partial charge in [0.15, 0.2) is 5.96 Å². The van der Waals surface area contributed by atoms with Gasteiger partial charge in [-0.3, -0.25) is 19.5 Å². The van der Waals surface area contributed by atoms with Crippen LogP contribution in [-0.2, 0) is 16.1 Å². The molecule has 1 aromatic rings. The minimum Gasteiger partial charge on any atom is -0.444 e. The summed E-state index contributed by atoms with van der Waals surface area (Å²) in [5.74, 6) is 1.75. The molecule has 0 saturated carbocycles. The van der Waals surface area contributed by atoms with Crippen molar-refractivity contribution in [3.05, 3.63) is 17.3 Å². The third kappa shape index (κ3) is 5.46. The lowest BCUT2D eigenvalue weighted by Crippen LogP contribution is -2.46. The molecule has 0 atom stereocenters. The van der Waals surface area contributed by atoms with E-state index in [0.717, 1.165) is 11.5 Å². The number of nitrogens with one attached hydrogen (secondary N) is 2. The third-order valence-electron chi connectivity index (χ3n) is 3.71. The zero-order valence-electron chi connectivity index (χ0n) is 14.2. The molecule has 1 aromatic heterocycles. The van der Waals surface area contributed by atoms with Gasteiger partial charge in [0.05, 0.1) is 12.2 Å². The van der Waals surface area contributed by atoms with Crippen molar-refractivity contribution in [1.29, 1.82) is 0 Å². The van der Waals surface area contributed by atoms with E-state index in [-0.39, 0.29) is 35.8 Å². The van der Waals surface area contributed by atoms with E-state index >= 15 is 0 Å². The summed E-state index contributed by atoms with van der Waals surface area (Å²) in [5, 5.41) is 6.15. The summed E-state index contributed by atoms with van der Waals surface area (Å²) < 4.78 is 5.48. The molecule has 24 heavy (non-hydrogen) atoms. The molecule has 2 N–H and O–H groups in total. The van der Waals surface area contributed by atoms with Gasteiger partial charge in [-0.05, 0) is 20.3 Å². The lowest BCUT2D eigenvalue weighted by atomic mass is 10.1. The summed E-state index contributed by atoms with van der Waals surface area (Å²) >= 11 is 0. The average Bonchev–Trinajstić information content (AvgIpc) is 2.84. The fraction of sp³-hybridized carbons (Fsp3) is 0.600. The standard InChI is InChI=1S/C15H23N5O3.HI/c1-10-11(2)23-12(19-10)9-18-15(16-3)17-7-8-20-13(21)5-4-6-14(20)22;/h4-9H2,1-3H3,(H2,16,17,18);1H. The summed E-state index contributed by atoms with van der Waals surface area (Å²) in [6.07, 6.45) is 1.54. The number of aliphatic imine (C=N–C) groups is 1. The number of amides is 2. The Labute approximate surface area is 158 Å². The van der Waals surface area contributed by atoms with Crippen molar-refractivity contribution in [2.45, 2.75) is 39.7 Å². The van der Waals surface area contributed by atoms with Crippen LogP contribution in [0.1, 0.15) is 36.6 Å². The highest BCUT2D eigenvalue weighted by molar-refractivity contribution is 14.0. The van der Waals surface area contributed by atoms with Gasteiger partial charge in [0, 0.05) is 33.0 Å². The number of hydrogen-bond acceptors (Lipinski definition) is 5. The summed E-state index contributed by atoms with van der Waals surface area (Å²) in [7, 11) is 1.65. The van der Waals surface area contributed by atoms with Crippen LogP contribution in [0.5, 0.6) is 0 Å². The summed E-state index contributed by atoms with van der Waals surface area (Å²) in [6, 6.07) is 0. The Morgan fingerprint density at radius 3 is 2.46 bits per heavy atom. The number of likely N-dealkylation sites (tertiary alicyclic amines) is 1. The molecule has 1 fully saturated rings. The third-order valence-corrected chi connectivity index (χ3v) is 3.71. The SMILES string of the molecule is CN=C(NCCN1C(=O)CCCC1=O)NCc1nc(C)c(C)o1.I. The van der Waals surface area contributed by atoms with Crippen molar-refractivity contribution in [3.63, 3.8) is 0 Å². The molecule has 0 unspecified atom stereocenters. The smallest absolute Gasteiger partial charge is 0.229 e. The Bertz CT molecular complexity index is 579. The summed E-state index contributed by atoms with van der Waals surface area (Å²) in [4.78, 5) is 33.1.